The van der Waals surface area contributed by atoms with Gasteiger partial charge in [-0.3, -0.25) is 18.9 Å². The van der Waals surface area contributed by atoms with E-state index in [0.29, 0.717) is 30.7 Å². The van der Waals surface area contributed by atoms with Crippen LogP contribution in [0.25, 0.3) is 10.9 Å². The molecule has 20 heavy (non-hydrogen) atoms. The fourth-order valence-electron chi connectivity index (χ4n) is 2.63. The molecule has 2 aromatic rings. The summed E-state index contributed by atoms with van der Waals surface area (Å²) in [6.07, 6.45) is 3.98. The van der Waals surface area contributed by atoms with Crippen LogP contribution in [0.1, 0.15) is 13.3 Å². The minimum Gasteiger partial charge on any atom is -0.380 e. The molecular formula is C14H17N3O3. The molecule has 3 heterocycles. The number of nitrogens with zero attached hydrogens (tertiary/aromatic N) is 3. The van der Waals surface area contributed by atoms with Crippen molar-refractivity contribution in [3.8, 4) is 0 Å². The van der Waals surface area contributed by atoms with Gasteiger partial charge in [0.05, 0.1) is 24.1 Å². The first-order chi connectivity index (χ1) is 9.58. The number of rotatable bonds is 3. The lowest BCUT2D eigenvalue weighted by Crippen LogP contribution is -2.51. The molecule has 1 fully saturated rings. The van der Waals surface area contributed by atoms with Gasteiger partial charge in [-0.25, -0.2) is 4.79 Å². The number of hydrogen-bond donors (Lipinski definition) is 0. The molecule has 0 aliphatic carbocycles. The second-order valence-corrected chi connectivity index (χ2v) is 5.47. The largest absolute Gasteiger partial charge is 0.380 e. The van der Waals surface area contributed by atoms with Crippen LogP contribution in [0.2, 0.25) is 0 Å². The molecule has 1 aliphatic heterocycles. The Balaban J connectivity index is 2.21. The maximum absolute atomic E-state index is 12.5. The second kappa shape index (κ2) is 4.56. The van der Waals surface area contributed by atoms with Crippen molar-refractivity contribution >= 4 is 10.9 Å². The van der Waals surface area contributed by atoms with E-state index < -0.39 is 0 Å². The number of ether oxygens (including phenoxy) is 1. The zero-order valence-corrected chi connectivity index (χ0v) is 11.6. The average molecular weight is 275 g/mol. The van der Waals surface area contributed by atoms with E-state index in [1.165, 1.54) is 15.3 Å². The fourth-order valence-corrected chi connectivity index (χ4v) is 2.63. The molecule has 106 valence electrons. The molecule has 2 aromatic heterocycles. The van der Waals surface area contributed by atoms with Crippen LogP contribution in [0.5, 0.6) is 0 Å². The van der Waals surface area contributed by atoms with Gasteiger partial charge < -0.3 is 4.74 Å². The Morgan fingerprint density at radius 1 is 1.40 bits per heavy atom. The third kappa shape index (κ3) is 1.79. The minimum atomic E-state index is -0.284. The van der Waals surface area contributed by atoms with Crippen LogP contribution >= 0.6 is 0 Å². The van der Waals surface area contributed by atoms with Gasteiger partial charge in [-0.15, -0.1) is 0 Å². The maximum Gasteiger partial charge on any atom is 0.331 e. The highest BCUT2D eigenvalue weighted by Gasteiger charge is 2.38. The van der Waals surface area contributed by atoms with Gasteiger partial charge in [-0.1, -0.05) is 6.92 Å². The van der Waals surface area contributed by atoms with Crippen LogP contribution < -0.4 is 11.2 Å². The molecule has 1 aliphatic rings. The van der Waals surface area contributed by atoms with Crippen molar-refractivity contribution < 1.29 is 4.74 Å². The molecule has 0 atom stereocenters. The Hall–Kier alpha value is -1.95. The van der Waals surface area contributed by atoms with E-state index in [9.17, 15) is 9.59 Å². The molecule has 0 saturated carbocycles. The van der Waals surface area contributed by atoms with E-state index in [1.807, 2.05) is 0 Å². The zero-order chi connectivity index (χ0) is 14.3. The highest BCUT2D eigenvalue weighted by atomic mass is 16.5. The first kappa shape index (κ1) is 13.1. The van der Waals surface area contributed by atoms with E-state index in [2.05, 4.69) is 11.9 Å². The van der Waals surface area contributed by atoms with Crippen LogP contribution in [-0.4, -0.2) is 27.3 Å². The predicted octanol–water partition coefficient (Wildman–Crippen LogP) is 0.522. The van der Waals surface area contributed by atoms with Crippen molar-refractivity contribution in [2.45, 2.75) is 19.9 Å². The fraction of sp³-hybridized carbons (Fsp3) is 0.500. The molecule has 6 nitrogen and oxygen atoms in total. The van der Waals surface area contributed by atoms with Gasteiger partial charge in [-0.05, 0) is 12.5 Å². The predicted molar refractivity (Wildman–Crippen MR) is 74.8 cm³/mol. The third-order valence-corrected chi connectivity index (χ3v) is 4.21. The minimum absolute atomic E-state index is 0.0914. The molecule has 1 saturated heterocycles. The lowest BCUT2D eigenvalue weighted by atomic mass is 9.83. The van der Waals surface area contributed by atoms with Crippen LogP contribution in [0.3, 0.4) is 0 Å². The van der Waals surface area contributed by atoms with E-state index in [0.717, 1.165) is 6.42 Å². The molecule has 0 unspecified atom stereocenters. The van der Waals surface area contributed by atoms with Gasteiger partial charge in [0.15, 0.2) is 0 Å². The van der Waals surface area contributed by atoms with Gasteiger partial charge in [-0.2, -0.15) is 0 Å². The van der Waals surface area contributed by atoms with Crippen molar-refractivity contribution in [1.82, 2.24) is 14.1 Å². The standard InChI is InChI=1S/C14H17N3O3/c1-3-14(8-20-9-14)7-17-12(18)10-6-15-5-4-11(10)16(2)13(17)19/h4-6H,3,7-9H2,1-2H3. The highest BCUT2D eigenvalue weighted by Crippen LogP contribution is 2.32. The molecule has 0 N–H and O–H groups in total. The maximum atomic E-state index is 12.5. The zero-order valence-electron chi connectivity index (χ0n) is 11.6. The van der Waals surface area contributed by atoms with Gasteiger partial charge >= 0.3 is 5.69 Å². The average Bonchev–Trinajstić information content (AvgIpc) is 2.44. The van der Waals surface area contributed by atoms with Crippen molar-refractivity contribution in [1.29, 1.82) is 0 Å². The van der Waals surface area contributed by atoms with Crippen molar-refractivity contribution in [2.75, 3.05) is 13.2 Å². The lowest BCUT2D eigenvalue weighted by Gasteiger charge is -2.40. The molecule has 0 radical (unpaired) electrons. The topological polar surface area (TPSA) is 66.1 Å². The van der Waals surface area contributed by atoms with E-state index in [1.54, 1.807) is 19.3 Å². The molecule has 0 bridgehead atoms. The quantitative estimate of drug-likeness (QED) is 0.819. The summed E-state index contributed by atoms with van der Waals surface area (Å²) in [4.78, 5) is 28.9. The summed E-state index contributed by atoms with van der Waals surface area (Å²) in [6, 6.07) is 1.69. The monoisotopic (exact) mass is 275 g/mol. The van der Waals surface area contributed by atoms with Crippen LogP contribution in [0.4, 0.5) is 0 Å². The molecule has 0 aromatic carbocycles. The smallest absolute Gasteiger partial charge is 0.331 e. The molecule has 0 amide bonds. The number of hydrogen-bond acceptors (Lipinski definition) is 4. The van der Waals surface area contributed by atoms with Crippen molar-refractivity contribution in [2.24, 2.45) is 12.5 Å². The highest BCUT2D eigenvalue weighted by molar-refractivity contribution is 5.76. The second-order valence-electron chi connectivity index (χ2n) is 5.47. The number of fused-ring (bicyclic) bond motifs is 1. The van der Waals surface area contributed by atoms with Gasteiger partial charge in [0.25, 0.3) is 5.56 Å². The van der Waals surface area contributed by atoms with Crippen molar-refractivity contribution in [3.63, 3.8) is 0 Å². The van der Waals surface area contributed by atoms with Crippen molar-refractivity contribution in [3.05, 3.63) is 39.3 Å². The summed E-state index contributed by atoms with van der Waals surface area (Å²) in [6.45, 7) is 3.66. The third-order valence-electron chi connectivity index (χ3n) is 4.21. The van der Waals surface area contributed by atoms with Crippen LogP contribution in [0, 0.1) is 5.41 Å². The summed E-state index contributed by atoms with van der Waals surface area (Å²) in [7, 11) is 1.68. The van der Waals surface area contributed by atoms with Gasteiger partial charge in [0.1, 0.15) is 0 Å². The first-order valence-corrected chi connectivity index (χ1v) is 6.69. The van der Waals surface area contributed by atoms with Crippen LogP contribution in [0.15, 0.2) is 28.0 Å². The normalized spacial score (nSPS) is 17.1. The van der Waals surface area contributed by atoms with E-state index >= 15 is 0 Å². The summed E-state index contributed by atoms with van der Waals surface area (Å²) >= 11 is 0. The summed E-state index contributed by atoms with van der Waals surface area (Å²) in [5, 5.41) is 0.473. The Kier molecular flexibility index (Phi) is 2.97. The first-order valence-electron chi connectivity index (χ1n) is 6.69. The number of aryl methyl sites for hydroxylation is 1. The number of aromatic nitrogens is 3. The Bertz CT molecular complexity index is 766. The lowest BCUT2D eigenvalue weighted by molar-refractivity contribution is -0.124. The molecule has 3 rings (SSSR count). The molecular weight excluding hydrogens is 258 g/mol. The molecule has 0 spiro atoms. The Morgan fingerprint density at radius 2 is 2.15 bits per heavy atom. The van der Waals surface area contributed by atoms with E-state index in [-0.39, 0.29) is 16.7 Å². The summed E-state index contributed by atoms with van der Waals surface area (Å²) in [5.74, 6) is 0. The SMILES string of the molecule is CCC1(Cn2c(=O)c3cnccc3n(C)c2=O)COC1. The number of pyridine rings is 1. The van der Waals surface area contributed by atoms with E-state index in [4.69, 9.17) is 4.74 Å². The summed E-state index contributed by atoms with van der Waals surface area (Å²) in [5.41, 5.74) is -0.0303. The van der Waals surface area contributed by atoms with Crippen LogP contribution in [-0.2, 0) is 18.3 Å². The van der Waals surface area contributed by atoms with Gasteiger partial charge in [0, 0.05) is 31.4 Å². The summed E-state index contributed by atoms with van der Waals surface area (Å²) < 4.78 is 8.08. The Morgan fingerprint density at radius 3 is 2.75 bits per heavy atom. The molecule has 6 heteroatoms. The van der Waals surface area contributed by atoms with Gasteiger partial charge in [0.2, 0.25) is 0 Å². The Labute approximate surface area is 115 Å².